The van der Waals surface area contributed by atoms with E-state index >= 15 is 0 Å². The van der Waals surface area contributed by atoms with Crippen molar-refractivity contribution in [3.05, 3.63) is 41.7 Å². The van der Waals surface area contributed by atoms with Crippen LogP contribution in [0.4, 0.5) is 0 Å². The molecule has 0 aliphatic heterocycles. The summed E-state index contributed by atoms with van der Waals surface area (Å²) in [5.41, 5.74) is 0.925. The molecule has 0 radical (unpaired) electrons. The van der Waals surface area contributed by atoms with E-state index in [0.29, 0.717) is 11.3 Å². The Hall–Kier alpha value is -1.77. The molecule has 3 nitrogen and oxygen atoms in total. The van der Waals surface area contributed by atoms with Gasteiger partial charge in [0.05, 0.1) is 0 Å². The summed E-state index contributed by atoms with van der Waals surface area (Å²) in [4.78, 5) is 29.2. The SMILES string of the molecule is O=C1c2cccnc2C(=O)C2C3C=CC(CC3)C12. The number of rotatable bonds is 0. The van der Waals surface area contributed by atoms with E-state index in [4.69, 9.17) is 0 Å². The molecule has 90 valence electrons. The molecule has 0 saturated heterocycles. The van der Waals surface area contributed by atoms with Crippen LogP contribution in [0.15, 0.2) is 30.5 Å². The Labute approximate surface area is 105 Å². The molecule has 0 spiro atoms. The minimum absolute atomic E-state index is 0.0780. The van der Waals surface area contributed by atoms with Crippen LogP contribution in [0.5, 0.6) is 0 Å². The molecule has 0 aromatic carbocycles. The van der Waals surface area contributed by atoms with Gasteiger partial charge in [0.15, 0.2) is 11.6 Å². The number of fused-ring (bicyclic) bond motifs is 2. The van der Waals surface area contributed by atoms with Gasteiger partial charge in [-0.05, 0) is 36.8 Å². The molecule has 1 aromatic rings. The molecule has 4 unspecified atom stereocenters. The highest BCUT2D eigenvalue weighted by Gasteiger charge is 2.52. The fourth-order valence-corrected chi connectivity index (χ4v) is 3.85. The molecule has 2 bridgehead atoms. The normalized spacial score (nSPS) is 36.4. The minimum Gasteiger partial charge on any atom is -0.294 e. The van der Waals surface area contributed by atoms with E-state index in [9.17, 15) is 9.59 Å². The third kappa shape index (κ3) is 1.12. The smallest absolute Gasteiger partial charge is 0.186 e. The van der Waals surface area contributed by atoms with Crippen LogP contribution < -0.4 is 0 Å². The number of ketones is 2. The first-order chi connectivity index (χ1) is 8.77. The number of allylic oxidation sites excluding steroid dienone is 2. The number of hydrogen-bond donors (Lipinski definition) is 0. The number of carbonyl (C=O) groups excluding carboxylic acids is 2. The third-order valence-electron chi connectivity index (χ3n) is 4.66. The molecule has 1 fully saturated rings. The lowest BCUT2D eigenvalue weighted by Crippen LogP contribution is -2.48. The van der Waals surface area contributed by atoms with Crippen LogP contribution in [0, 0.1) is 23.7 Å². The average molecular weight is 239 g/mol. The van der Waals surface area contributed by atoms with Gasteiger partial charge in [0.25, 0.3) is 0 Å². The van der Waals surface area contributed by atoms with Gasteiger partial charge in [0.2, 0.25) is 0 Å². The lowest BCUT2D eigenvalue weighted by molar-refractivity contribution is 0.0515. The van der Waals surface area contributed by atoms with Gasteiger partial charge >= 0.3 is 0 Å². The van der Waals surface area contributed by atoms with Gasteiger partial charge in [-0.2, -0.15) is 0 Å². The molecule has 4 aliphatic rings. The number of pyridine rings is 1. The molecule has 1 aromatic heterocycles. The number of aromatic nitrogens is 1. The fourth-order valence-electron chi connectivity index (χ4n) is 3.85. The quantitative estimate of drug-likeness (QED) is 0.652. The number of hydrogen-bond acceptors (Lipinski definition) is 3. The van der Waals surface area contributed by atoms with Gasteiger partial charge in [0, 0.05) is 23.6 Å². The van der Waals surface area contributed by atoms with Gasteiger partial charge in [-0.1, -0.05) is 12.2 Å². The monoisotopic (exact) mass is 239 g/mol. The zero-order valence-corrected chi connectivity index (χ0v) is 9.87. The Morgan fingerprint density at radius 2 is 1.67 bits per heavy atom. The molecule has 18 heavy (non-hydrogen) atoms. The van der Waals surface area contributed by atoms with Crippen LogP contribution in [0.2, 0.25) is 0 Å². The van der Waals surface area contributed by atoms with Crippen molar-refractivity contribution >= 4 is 11.6 Å². The maximum atomic E-state index is 12.6. The zero-order valence-electron chi connectivity index (χ0n) is 9.87. The van der Waals surface area contributed by atoms with E-state index in [1.54, 1.807) is 18.3 Å². The summed E-state index contributed by atoms with van der Waals surface area (Å²) < 4.78 is 0. The predicted molar refractivity (Wildman–Crippen MR) is 65.2 cm³/mol. The second kappa shape index (κ2) is 3.37. The predicted octanol–water partition coefficient (Wildman–Crippen LogP) is 2.29. The van der Waals surface area contributed by atoms with Crippen LogP contribution in [-0.2, 0) is 0 Å². The Kier molecular flexibility index (Phi) is 1.91. The lowest BCUT2D eigenvalue weighted by Gasteiger charge is -2.45. The molecule has 5 rings (SSSR count). The maximum Gasteiger partial charge on any atom is 0.186 e. The Balaban J connectivity index is 1.92. The largest absolute Gasteiger partial charge is 0.294 e. The molecule has 1 saturated carbocycles. The van der Waals surface area contributed by atoms with Crippen LogP contribution in [-0.4, -0.2) is 16.6 Å². The molecule has 0 amide bonds. The van der Waals surface area contributed by atoms with Crippen LogP contribution >= 0.6 is 0 Å². The Bertz CT molecular complexity index is 539. The van der Waals surface area contributed by atoms with Crippen LogP contribution in [0.1, 0.15) is 33.7 Å². The molecule has 0 N–H and O–H groups in total. The van der Waals surface area contributed by atoms with Crippen molar-refractivity contribution in [2.75, 3.05) is 0 Å². The van der Waals surface area contributed by atoms with E-state index in [1.807, 2.05) is 0 Å². The molecule has 1 heterocycles. The Morgan fingerprint density at radius 1 is 1.00 bits per heavy atom. The van der Waals surface area contributed by atoms with Gasteiger partial charge in [-0.25, -0.2) is 0 Å². The topological polar surface area (TPSA) is 47.0 Å². The lowest BCUT2D eigenvalue weighted by atomic mass is 9.56. The van der Waals surface area contributed by atoms with Gasteiger partial charge in [-0.15, -0.1) is 0 Å². The summed E-state index contributed by atoms with van der Waals surface area (Å²) >= 11 is 0. The van der Waals surface area contributed by atoms with Crippen LogP contribution in [0.25, 0.3) is 0 Å². The van der Waals surface area contributed by atoms with Crippen molar-refractivity contribution in [1.82, 2.24) is 4.98 Å². The third-order valence-corrected chi connectivity index (χ3v) is 4.66. The van der Waals surface area contributed by atoms with Gasteiger partial charge < -0.3 is 0 Å². The summed E-state index contributed by atoms with van der Waals surface area (Å²) in [6, 6.07) is 3.48. The molecule has 4 atom stereocenters. The fraction of sp³-hybridized carbons (Fsp3) is 0.400. The average Bonchev–Trinajstić information content (AvgIpc) is 2.45. The first-order valence-electron chi connectivity index (χ1n) is 6.49. The summed E-state index contributed by atoms with van der Waals surface area (Å²) in [5.74, 6) is 0.425. The van der Waals surface area contributed by atoms with E-state index in [2.05, 4.69) is 17.1 Å². The van der Waals surface area contributed by atoms with E-state index in [1.165, 1.54) is 0 Å². The first-order valence-corrected chi connectivity index (χ1v) is 6.49. The van der Waals surface area contributed by atoms with Crippen molar-refractivity contribution in [2.24, 2.45) is 23.7 Å². The van der Waals surface area contributed by atoms with E-state index in [-0.39, 0.29) is 35.2 Å². The van der Waals surface area contributed by atoms with E-state index < -0.39 is 0 Å². The first kappa shape index (κ1) is 10.2. The van der Waals surface area contributed by atoms with Crippen molar-refractivity contribution < 1.29 is 9.59 Å². The summed E-state index contributed by atoms with van der Waals surface area (Å²) in [6.07, 6.45) is 7.94. The molecular formula is C15H13NO2. The van der Waals surface area contributed by atoms with Crippen molar-refractivity contribution in [3.8, 4) is 0 Å². The second-order valence-corrected chi connectivity index (χ2v) is 5.47. The number of carbonyl (C=O) groups is 2. The van der Waals surface area contributed by atoms with Crippen molar-refractivity contribution in [2.45, 2.75) is 12.8 Å². The molecule has 3 heteroatoms. The summed E-state index contributed by atoms with van der Waals surface area (Å²) in [7, 11) is 0. The summed E-state index contributed by atoms with van der Waals surface area (Å²) in [5, 5.41) is 0. The van der Waals surface area contributed by atoms with Crippen molar-refractivity contribution in [3.63, 3.8) is 0 Å². The van der Waals surface area contributed by atoms with Gasteiger partial charge in [0.1, 0.15) is 5.69 Å². The maximum absolute atomic E-state index is 12.6. The standard InChI is InChI=1S/C15H13NO2/c17-14-10-2-1-7-16-13(10)15(18)12-9-5-3-8(4-6-9)11(12)14/h1-3,5,7-9,11-12H,4,6H2. The van der Waals surface area contributed by atoms with E-state index in [0.717, 1.165) is 12.8 Å². The number of Topliss-reactive ketones (excluding diaryl/α,β-unsaturated/α-hetero) is 2. The highest BCUT2D eigenvalue weighted by Crippen LogP contribution is 2.49. The van der Waals surface area contributed by atoms with Gasteiger partial charge in [-0.3, -0.25) is 14.6 Å². The minimum atomic E-state index is -0.149. The zero-order chi connectivity index (χ0) is 12.3. The number of nitrogens with zero attached hydrogens (tertiary/aromatic N) is 1. The Morgan fingerprint density at radius 3 is 2.33 bits per heavy atom. The van der Waals surface area contributed by atoms with Crippen molar-refractivity contribution in [1.29, 1.82) is 0 Å². The molecule has 4 aliphatic carbocycles. The van der Waals surface area contributed by atoms with Crippen LogP contribution in [0.3, 0.4) is 0 Å². The summed E-state index contributed by atoms with van der Waals surface area (Å²) in [6.45, 7) is 0. The highest BCUT2D eigenvalue weighted by atomic mass is 16.1. The highest BCUT2D eigenvalue weighted by molar-refractivity contribution is 6.15. The molecular weight excluding hydrogens is 226 g/mol. The second-order valence-electron chi connectivity index (χ2n) is 5.47.